The van der Waals surface area contributed by atoms with Crippen molar-refractivity contribution in [3.8, 4) is 5.75 Å². The van der Waals surface area contributed by atoms with E-state index in [1.807, 2.05) is 29.6 Å². The van der Waals surface area contributed by atoms with E-state index in [0.717, 1.165) is 22.7 Å². The normalized spacial score (nSPS) is 16.2. The molecule has 1 aromatic carbocycles. The smallest absolute Gasteiger partial charge is 0.315 e. The van der Waals surface area contributed by atoms with E-state index in [-0.39, 0.29) is 12.1 Å². The van der Waals surface area contributed by atoms with Gasteiger partial charge in [0.1, 0.15) is 5.75 Å². The van der Waals surface area contributed by atoms with Gasteiger partial charge in [0.2, 0.25) is 0 Å². The molecule has 24 heavy (non-hydrogen) atoms. The molecule has 8 heteroatoms. The number of rotatable bonds is 6. The van der Waals surface area contributed by atoms with Gasteiger partial charge in [0.05, 0.1) is 37.1 Å². The Balaban J connectivity index is 1.41. The second-order valence-corrected chi connectivity index (χ2v) is 5.96. The van der Waals surface area contributed by atoms with Gasteiger partial charge >= 0.3 is 6.03 Å². The van der Waals surface area contributed by atoms with E-state index in [2.05, 4.69) is 20.8 Å². The molecule has 1 aliphatic rings. The number of methoxy groups -OCH3 is 1. The highest BCUT2D eigenvalue weighted by molar-refractivity contribution is 7.07. The van der Waals surface area contributed by atoms with Crippen molar-refractivity contribution in [2.45, 2.75) is 19.1 Å². The second-order valence-electron chi connectivity index (χ2n) is 5.24. The maximum atomic E-state index is 11.8. The first-order valence-electron chi connectivity index (χ1n) is 7.50. The molecule has 0 bridgehead atoms. The van der Waals surface area contributed by atoms with Crippen molar-refractivity contribution in [3.05, 3.63) is 46.4 Å². The number of urea groups is 1. The van der Waals surface area contributed by atoms with Crippen LogP contribution in [0.3, 0.4) is 0 Å². The van der Waals surface area contributed by atoms with Crippen molar-refractivity contribution < 1.29 is 14.4 Å². The monoisotopic (exact) mass is 346 g/mol. The van der Waals surface area contributed by atoms with E-state index in [1.54, 1.807) is 12.6 Å². The lowest BCUT2D eigenvalue weighted by atomic mass is 10.0. The van der Waals surface area contributed by atoms with Crippen LogP contribution in [-0.2, 0) is 11.4 Å². The largest absolute Gasteiger partial charge is 0.497 e. The third-order valence-electron chi connectivity index (χ3n) is 3.56. The van der Waals surface area contributed by atoms with Crippen LogP contribution in [0.1, 0.15) is 17.7 Å². The Bertz CT molecular complexity index is 701. The number of aromatic nitrogens is 1. The van der Waals surface area contributed by atoms with Crippen LogP contribution in [0.25, 0.3) is 0 Å². The summed E-state index contributed by atoms with van der Waals surface area (Å²) < 4.78 is 5.14. The molecule has 2 N–H and O–H groups in total. The van der Waals surface area contributed by atoms with Gasteiger partial charge in [-0.1, -0.05) is 5.16 Å². The van der Waals surface area contributed by atoms with Gasteiger partial charge in [-0.3, -0.25) is 0 Å². The number of hydrogen-bond acceptors (Lipinski definition) is 6. The minimum absolute atomic E-state index is 0.160. The molecule has 126 valence electrons. The lowest BCUT2D eigenvalue weighted by molar-refractivity contribution is 0.0865. The number of ether oxygens (including phenoxy) is 1. The molecule has 1 aromatic heterocycles. The maximum absolute atomic E-state index is 11.8. The van der Waals surface area contributed by atoms with Gasteiger partial charge < -0.3 is 20.2 Å². The Morgan fingerprint density at radius 3 is 2.92 bits per heavy atom. The van der Waals surface area contributed by atoms with Crippen molar-refractivity contribution in [1.82, 2.24) is 15.6 Å². The molecule has 7 nitrogen and oxygen atoms in total. The summed E-state index contributed by atoms with van der Waals surface area (Å²) in [6.07, 6.45) is 0.491. The van der Waals surface area contributed by atoms with Crippen molar-refractivity contribution in [3.63, 3.8) is 0 Å². The predicted octanol–water partition coefficient (Wildman–Crippen LogP) is 2.14. The number of nitrogens with zero attached hydrogens (tertiary/aromatic N) is 2. The first-order valence-corrected chi connectivity index (χ1v) is 8.45. The molecular weight excluding hydrogens is 328 g/mol. The van der Waals surface area contributed by atoms with Crippen LogP contribution in [0.2, 0.25) is 0 Å². The number of carbonyl (C=O) groups excluding carboxylic acids is 1. The van der Waals surface area contributed by atoms with Crippen LogP contribution in [0.5, 0.6) is 5.75 Å². The molecule has 0 aliphatic carbocycles. The second kappa shape index (κ2) is 7.78. The summed E-state index contributed by atoms with van der Waals surface area (Å²) in [5.41, 5.74) is 4.44. The predicted molar refractivity (Wildman–Crippen MR) is 91.4 cm³/mol. The van der Waals surface area contributed by atoms with Crippen molar-refractivity contribution in [2.24, 2.45) is 5.16 Å². The van der Waals surface area contributed by atoms with Gasteiger partial charge in [0.25, 0.3) is 0 Å². The number of nitrogens with one attached hydrogen (secondary N) is 2. The molecule has 2 aromatic rings. The average molecular weight is 346 g/mol. The van der Waals surface area contributed by atoms with Crippen LogP contribution >= 0.6 is 11.3 Å². The topological polar surface area (TPSA) is 84.8 Å². The number of benzene rings is 1. The molecule has 2 heterocycles. The summed E-state index contributed by atoms with van der Waals surface area (Å²) >= 11 is 1.50. The number of carbonyl (C=O) groups is 1. The third kappa shape index (κ3) is 4.23. The Hall–Kier alpha value is -2.61. The van der Waals surface area contributed by atoms with Gasteiger partial charge in [-0.2, -0.15) is 0 Å². The van der Waals surface area contributed by atoms with E-state index in [0.29, 0.717) is 19.5 Å². The molecular formula is C16H18N4O3S. The minimum Gasteiger partial charge on any atom is -0.497 e. The Morgan fingerprint density at radius 2 is 2.21 bits per heavy atom. The lowest BCUT2D eigenvalue weighted by Gasteiger charge is -2.10. The molecule has 0 spiro atoms. The summed E-state index contributed by atoms with van der Waals surface area (Å²) in [6, 6.07) is 7.41. The number of amides is 2. The SMILES string of the molecule is COc1ccc(C2=NO[C@H](CNC(=O)NCc3cscn3)C2)cc1. The lowest BCUT2D eigenvalue weighted by Crippen LogP contribution is -2.39. The molecule has 0 unspecified atom stereocenters. The Labute approximate surface area is 143 Å². The summed E-state index contributed by atoms with van der Waals surface area (Å²) in [7, 11) is 1.63. The van der Waals surface area contributed by atoms with E-state index < -0.39 is 0 Å². The number of thiazole rings is 1. The van der Waals surface area contributed by atoms with Gasteiger partial charge in [0.15, 0.2) is 6.10 Å². The zero-order valence-corrected chi connectivity index (χ0v) is 14.0. The third-order valence-corrected chi connectivity index (χ3v) is 4.20. The highest BCUT2D eigenvalue weighted by atomic mass is 32.1. The van der Waals surface area contributed by atoms with Crippen molar-refractivity contribution in [2.75, 3.05) is 13.7 Å². The Kier molecular flexibility index (Phi) is 5.27. The van der Waals surface area contributed by atoms with Crippen molar-refractivity contribution in [1.29, 1.82) is 0 Å². The Morgan fingerprint density at radius 1 is 1.38 bits per heavy atom. The standard InChI is InChI=1S/C16H18N4O3S/c1-22-13-4-2-11(3-5-13)15-6-14(23-20-15)8-18-16(21)17-7-12-9-24-10-19-12/h2-5,9-10,14H,6-8H2,1H3,(H2,17,18,21)/t14-/m0/s1. The highest BCUT2D eigenvalue weighted by Crippen LogP contribution is 2.18. The molecule has 1 atom stereocenters. The fourth-order valence-electron chi connectivity index (χ4n) is 2.26. The first kappa shape index (κ1) is 16.3. The maximum Gasteiger partial charge on any atom is 0.315 e. The number of oxime groups is 1. The van der Waals surface area contributed by atoms with E-state index >= 15 is 0 Å². The zero-order valence-electron chi connectivity index (χ0n) is 13.2. The van der Waals surface area contributed by atoms with Crippen LogP contribution < -0.4 is 15.4 Å². The van der Waals surface area contributed by atoms with Crippen LogP contribution in [-0.4, -0.2) is 36.5 Å². The summed E-state index contributed by atoms with van der Waals surface area (Å²) in [5.74, 6) is 0.799. The van der Waals surface area contributed by atoms with Gasteiger partial charge in [0, 0.05) is 11.8 Å². The average Bonchev–Trinajstić information content (AvgIpc) is 3.30. The molecule has 1 aliphatic heterocycles. The molecule has 2 amide bonds. The summed E-state index contributed by atoms with van der Waals surface area (Å²) in [6.45, 7) is 0.806. The molecule has 0 saturated carbocycles. The summed E-state index contributed by atoms with van der Waals surface area (Å²) in [4.78, 5) is 21.3. The highest BCUT2D eigenvalue weighted by Gasteiger charge is 2.22. The molecule has 3 rings (SSSR count). The van der Waals surface area contributed by atoms with E-state index in [9.17, 15) is 4.79 Å². The van der Waals surface area contributed by atoms with Crippen LogP contribution in [0.4, 0.5) is 4.79 Å². The molecule has 0 saturated heterocycles. The van der Waals surface area contributed by atoms with Gasteiger partial charge in [-0.15, -0.1) is 11.3 Å². The van der Waals surface area contributed by atoms with Crippen LogP contribution in [0.15, 0.2) is 40.3 Å². The fraction of sp³-hybridized carbons (Fsp3) is 0.312. The van der Waals surface area contributed by atoms with Gasteiger partial charge in [-0.05, 0) is 29.8 Å². The molecule has 0 fully saturated rings. The molecule has 0 radical (unpaired) electrons. The van der Waals surface area contributed by atoms with Gasteiger partial charge in [-0.25, -0.2) is 9.78 Å². The van der Waals surface area contributed by atoms with Crippen LogP contribution in [0, 0.1) is 0 Å². The number of hydrogen-bond donors (Lipinski definition) is 2. The quantitative estimate of drug-likeness (QED) is 0.839. The van der Waals surface area contributed by atoms with Crippen molar-refractivity contribution >= 4 is 23.1 Å². The zero-order chi connectivity index (χ0) is 16.8. The summed E-state index contributed by atoms with van der Waals surface area (Å²) in [5, 5.41) is 11.5. The minimum atomic E-state index is -0.246. The fourth-order valence-corrected chi connectivity index (χ4v) is 2.81. The first-order chi connectivity index (χ1) is 11.7. The van der Waals surface area contributed by atoms with E-state index in [1.165, 1.54) is 11.3 Å². The van der Waals surface area contributed by atoms with E-state index in [4.69, 9.17) is 9.57 Å².